The van der Waals surface area contributed by atoms with Gasteiger partial charge in [-0.25, -0.2) is 9.78 Å². The molecular formula is C13H17N3O2S. The summed E-state index contributed by atoms with van der Waals surface area (Å²) >= 11 is 1.42. The Balaban J connectivity index is 1.95. The summed E-state index contributed by atoms with van der Waals surface area (Å²) in [5.41, 5.74) is -0.0198. The number of carbonyl (C=O) groups excluding carboxylic acids is 1. The highest BCUT2D eigenvalue weighted by atomic mass is 32.1. The molecule has 5 nitrogen and oxygen atoms in total. The maximum atomic E-state index is 11.7. The van der Waals surface area contributed by atoms with Crippen LogP contribution >= 0.6 is 11.3 Å². The number of para-hydroxylation sites is 1. The normalized spacial score (nSPS) is 14.1. The minimum Gasteiger partial charge on any atom is -0.388 e. The van der Waals surface area contributed by atoms with Crippen LogP contribution in [0.25, 0.3) is 10.2 Å². The zero-order chi connectivity index (χ0) is 13.9. The lowest BCUT2D eigenvalue weighted by atomic mass is 10.0. The quantitative estimate of drug-likeness (QED) is 0.805. The topological polar surface area (TPSA) is 74.2 Å². The first kappa shape index (κ1) is 13.8. The average molecular weight is 279 g/mol. The van der Waals surface area contributed by atoms with Crippen molar-refractivity contribution in [1.29, 1.82) is 0 Å². The molecular weight excluding hydrogens is 262 g/mol. The summed E-state index contributed by atoms with van der Waals surface area (Å²) in [6.07, 6.45) is 0.578. The largest absolute Gasteiger partial charge is 0.388 e. The summed E-state index contributed by atoms with van der Waals surface area (Å²) in [4.78, 5) is 16.0. The van der Waals surface area contributed by atoms with Crippen LogP contribution < -0.4 is 10.6 Å². The molecule has 0 spiro atoms. The van der Waals surface area contributed by atoms with Crippen molar-refractivity contribution in [2.45, 2.75) is 25.9 Å². The average Bonchev–Trinajstić information content (AvgIpc) is 2.78. The molecule has 0 radical (unpaired) electrons. The van der Waals surface area contributed by atoms with Gasteiger partial charge < -0.3 is 10.4 Å². The second kappa shape index (κ2) is 5.54. The molecule has 1 aromatic heterocycles. The van der Waals surface area contributed by atoms with Crippen molar-refractivity contribution in [1.82, 2.24) is 10.3 Å². The number of nitrogens with zero attached hydrogens (tertiary/aromatic N) is 1. The summed E-state index contributed by atoms with van der Waals surface area (Å²) in [7, 11) is 0. The minimum atomic E-state index is -0.884. The molecule has 0 saturated heterocycles. The van der Waals surface area contributed by atoms with Gasteiger partial charge in [-0.05, 0) is 25.5 Å². The number of aromatic nitrogens is 1. The van der Waals surface area contributed by atoms with E-state index < -0.39 is 5.60 Å². The Morgan fingerprint density at radius 1 is 1.47 bits per heavy atom. The number of hydrogen-bond donors (Lipinski definition) is 3. The van der Waals surface area contributed by atoms with Crippen LogP contribution in [-0.4, -0.2) is 28.3 Å². The van der Waals surface area contributed by atoms with Gasteiger partial charge in [0.1, 0.15) is 0 Å². The van der Waals surface area contributed by atoms with Crippen molar-refractivity contribution in [3.05, 3.63) is 24.3 Å². The number of anilines is 1. The first-order valence-electron chi connectivity index (χ1n) is 6.13. The van der Waals surface area contributed by atoms with E-state index in [0.717, 1.165) is 10.2 Å². The zero-order valence-electron chi connectivity index (χ0n) is 10.9. The fraction of sp³-hybridized carbons (Fsp3) is 0.385. The van der Waals surface area contributed by atoms with Gasteiger partial charge >= 0.3 is 6.03 Å². The van der Waals surface area contributed by atoms with Crippen molar-refractivity contribution in [3.63, 3.8) is 0 Å². The molecule has 2 amide bonds. The molecule has 0 aliphatic carbocycles. The summed E-state index contributed by atoms with van der Waals surface area (Å²) in [5, 5.41) is 15.7. The fourth-order valence-electron chi connectivity index (χ4n) is 1.46. The third kappa shape index (κ3) is 3.65. The fourth-order valence-corrected chi connectivity index (χ4v) is 2.32. The van der Waals surface area contributed by atoms with Gasteiger partial charge in [0.15, 0.2) is 5.13 Å². The Labute approximate surface area is 115 Å². The van der Waals surface area contributed by atoms with Gasteiger partial charge in [0.05, 0.1) is 15.8 Å². The smallest absolute Gasteiger partial charge is 0.321 e. The molecule has 0 aliphatic rings. The minimum absolute atomic E-state index is 0.209. The number of rotatable bonds is 4. The predicted molar refractivity (Wildman–Crippen MR) is 77.6 cm³/mol. The van der Waals surface area contributed by atoms with E-state index in [2.05, 4.69) is 15.6 Å². The van der Waals surface area contributed by atoms with Crippen LogP contribution in [0.2, 0.25) is 0 Å². The van der Waals surface area contributed by atoms with Gasteiger partial charge in [0.2, 0.25) is 0 Å². The number of urea groups is 1. The van der Waals surface area contributed by atoms with Gasteiger partial charge in [0.25, 0.3) is 0 Å². The van der Waals surface area contributed by atoms with E-state index in [1.165, 1.54) is 11.3 Å². The molecule has 1 heterocycles. The molecule has 0 aliphatic heterocycles. The molecule has 0 saturated carbocycles. The van der Waals surface area contributed by atoms with Gasteiger partial charge in [-0.15, -0.1) is 0 Å². The van der Waals surface area contributed by atoms with Crippen molar-refractivity contribution in [3.8, 4) is 0 Å². The molecule has 1 atom stereocenters. The predicted octanol–water partition coefficient (Wildman–Crippen LogP) is 2.58. The summed E-state index contributed by atoms with van der Waals surface area (Å²) in [5.74, 6) is 0. The second-order valence-electron chi connectivity index (χ2n) is 4.64. The van der Waals surface area contributed by atoms with Crippen LogP contribution in [0.3, 0.4) is 0 Å². The standard InChI is InChI=1S/C13H17N3O2S/c1-3-13(2,18)8-14-11(17)16-12-15-9-6-4-5-7-10(9)19-12/h4-7,18H,3,8H2,1-2H3,(H2,14,15,16,17)/t13-/m1/s1. The number of aliphatic hydroxyl groups is 1. The third-order valence-corrected chi connectivity index (χ3v) is 3.86. The Morgan fingerprint density at radius 3 is 2.89 bits per heavy atom. The van der Waals surface area contributed by atoms with Gasteiger partial charge in [-0.1, -0.05) is 30.4 Å². The number of amides is 2. The molecule has 6 heteroatoms. The van der Waals surface area contributed by atoms with E-state index in [1.807, 2.05) is 31.2 Å². The van der Waals surface area contributed by atoms with Gasteiger partial charge in [0, 0.05) is 6.54 Å². The summed E-state index contributed by atoms with van der Waals surface area (Å²) in [6, 6.07) is 7.34. The van der Waals surface area contributed by atoms with Gasteiger partial charge in [-0.3, -0.25) is 5.32 Å². The van der Waals surface area contributed by atoms with E-state index in [9.17, 15) is 9.90 Å². The molecule has 102 valence electrons. The highest BCUT2D eigenvalue weighted by Crippen LogP contribution is 2.25. The molecule has 19 heavy (non-hydrogen) atoms. The van der Waals surface area contributed by atoms with Crippen molar-refractivity contribution >= 4 is 32.7 Å². The van der Waals surface area contributed by atoms with Crippen molar-refractivity contribution in [2.24, 2.45) is 0 Å². The highest BCUT2D eigenvalue weighted by molar-refractivity contribution is 7.22. The lowest BCUT2D eigenvalue weighted by Gasteiger charge is -2.21. The van der Waals surface area contributed by atoms with Crippen LogP contribution in [0, 0.1) is 0 Å². The molecule has 0 fully saturated rings. The number of fused-ring (bicyclic) bond motifs is 1. The first-order chi connectivity index (χ1) is 9.00. The molecule has 2 aromatic rings. The molecule has 2 rings (SSSR count). The van der Waals surface area contributed by atoms with Crippen LogP contribution in [0.4, 0.5) is 9.93 Å². The lowest BCUT2D eigenvalue weighted by Crippen LogP contribution is -2.41. The number of carbonyl (C=O) groups is 1. The van der Waals surface area contributed by atoms with E-state index in [0.29, 0.717) is 11.6 Å². The number of nitrogens with one attached hydrogen (secondary N) is 2. The SMILES string of the molecule is CC[C@@](C)(O)CNC(=O)Nc1nc2ccccc2s1. The van der Waals surface area contributed by atoms with E-state index in [1.54, 1.807) is 6.92 Å². The van der Waals surface area contributed by atoms with Gasteiger partial charge in [-0.2, -0.15) is 0 Å². The molecule has 0 unspecified atom stereocenters. The highest BCUT2D eigenvalue weighted by Gasteiger charge is 2.18. The zero-order valence-corrected chi connectivity index (χ0v) is 11.8. The van der Waals surface area contributed by atoms with E-state index >= 15 is 0 Å². The van der Waals surface area contributed by atoms with E-state index in [4.69, 9.17) is 0 Å². The molecule has 0 bridgehead atoms. The Hall–Kier alpha value is -1.66. The maximum absolute atomic E-state index is 11.7. The van der Waals surface area contributed by atoms with Crippen LogP contribution in [0.5, 0.6) is 0 Å². The first-order valence-corrected chi connectivity index (χ1v) is 6.94. The third-order valence-electron chi connectivity index (χ3n) is 2.91. The van der Waals surface area contributed by atoms with Crippen LogP contribution in [0.1, 0.15) is 20.3 Å². The maximum Gasteiger partial charge on any atom is 0.321 e. The van der Waals surface area contributed by atoms with Crippen molar-refractivity contribution < 1.29 is 9.90 Å². The molecule has 3 N–H and O–H groups in total. The molecule has 1 aromatic carbocycles. The number of benzene rings is 1. The lowest BCUT2D eigenvalue weighted by molar-refractivity contribution is 0.0587. The summed E-state index contributed by atoms with van der Waals surface area (Å²) < 4.78 is 1.03. The number of thiazole rings is 1. The summed E-state index contributed by atoms with van der Waals surface area (Å²) in [6.45, 7) is 3.76. The van der Waals surface area contributed by atoms with E-state index in [-0.39, 0.29) is 12.6 Å². The Bertz CT molecular complexity index is 547. The monoisotopic (exact) mass is 279 g/mol. The Kier molecular flexibility index (Phi) is 4.01. The van der Waals surface area contributed by atoms with Crippen LogP contribution in [0.15, 0.2) is 24.3 Å². The van der Waals surface area contributed by atoms with Crippen LogP contribution in [-0.2, 0) is 0 Å². The number of hydrogen-bond acceptors (Lipinski definition) is 4. The second-order valence-corrected chi connectivity index (χ2v) is 5.68. The van der Waals surface area contributed by atoms with Crippen molar-refractivity contribution in [2.75, 3.05) is 11.9 Å². The Morgan fingerprint density at radius 2 is 2.21 bits per heavy atom.